The second-order valence-corrected chi connectivity index (χ2v) is 9.04. The van der Waals surface area contributed by atoms with Gasteiger partial charge in [0.2, 0.25) is 6.41 Å². The van der Waals surface area contributed by atoms with E-state index in [4.69, 9.17) is 0 Å². The van der Waals surface area contributed by atoms with E-state index in [1.165, 1.54) is 12.1 Å². The van der Waals surface area contributed by atoms with Crippen LogP contribution in [0.3, 0.4) is 0 Å². The van der Waals surface area contributed by atoms with Crippen molar-refractivity contribution in [2.75, 3.05) is 30.0 Å². The largest absolute Gasteiger partial charge is 0.573 e. The molecule has 0 spiro atoms. The standard InChI is InChI=1S/C27H28F3N5O4/c1-19-5-2-3-6-23(19)25(32-35(18-36)20-8-10-22(11-9-20)39-27(28,29)30)31-24-7-4-13-34(26(24)38)16-15-33-14-12-21(37)17-33/h2-11,13,18,21,37H,12,14-17H2,1H3,(H,31,32). The van der Waals surface area contributed by atoms with Gasteiger partial charge in [0.1, 0.15) is 11.4 Å². The van der Waals surface area contributed by atoms with Crippen LogP contribution >= 0.6 is 0 Å². The minimum Gasteiger partial charge on any atom is -0.406 e. The average Bonchev–Trinajstić information content (AvgIpc) is 3.32. The molecule has 2 heterocycles. The van der Waals surface area contributed by atoms with Gasteiger partial charge >= 0.3 is 6.36 Å². The van der Waals surface area contributed by atoms with Crippen LogP contribution in [0.5, 0.6) is 5.75 Å². The summed E-state index contributed by atoms with van der Waals surface area (Å²) in [5.41, 5.74) is 1.53. The van der Waals surface area contributed by atoms with E-state index in [0.717, 1.165) is 29.2 Å². The van der Waals surface area contributed by atoms with Crippen molar-refractivity contribution in [3.8, 4) is 5.75 Å². The molecule has 1 saturated heterocycles. The third kappa shape index (κ3) is 7.45. The monoisotopic (exact) mass is 543 g/mol. The zero-order valence-corrected chi connectivity index (χ0v) is 21.1. The third-order valence-corrected chi connectivity index (χ3v) is 6.22. The van der Waals surface area contributed by atoms with Crippen LogP contribution in [0.2, 0.25) is 0 Å². The first kappa shape index (κ1) is 27.9. The fraction of sp³-hybridized carbons (Fsp3) is 0.296. The SMILES string of the molecule is Cc1ccccc1/C(=N\N(C=O)c1ccc(OC(F)(F)F)cc1)Nc1cccn(CCN2CCC(O)C2)c1=O. The zero-order valence-electron chi connectivity index (χ0n) is 21.1. The molecule has 0 bridgehead atoms. The van der Waals surface area contributed by atoms with Gasteiger partial charge in [0, 0.05) is 37.9 Å². The van der Waals surface area contributed by atoms with Gasteiger partial charge in [-0.1, -0.05) is 24.3 Å². The first-order valence-electron chi connectivity index (χ1n) is 12.2. The number of aromatic nitrogens is 1. The molecule has 206 valence electrons. The summed E-state index contributed by atoms with van der Waals surface area (Å²) in [7, 11) is 0. The van der Waals surface area contributed by atoms with E-state index >= 15 is 0 Å². The number of aryl methyl sites for hydroxylation is 1. The van der Waals surface area contributed by atoms with Gasteiger partial charge in [-0.15, -0.1) is 18.3 Å². The number of carbonyl (C=O) groups excluding carboxylic acids is 1. The first-order valence-corrected chi connectivity index (χ1v) is 12.2. The number of aliphatic hydroxyl groups excluding tert-OH is 1. The number of ether oxygens (including phenoxy) is 1. The second kappa shape index (κ2) is 12.1. The van der Waals surface area contributed by atoms with Crippen LogP contribution in [-0.2, 0) is 11.3 Å². The van der Waals surface area contributed by atoms with E-state index < -0.39 is 12.1 Å². The number of hydrogen-bond donors (Lipinski definition) is 2. The molecular weight excluding hydrogens is 515 g/mol. The third-order valence-electron chi connectivity index (χ3n) is 6.22. The number of likely N-dealkylation sites (tertiary alicyclic amines) is 1. The van der Waals surface area contributed by atoms with Gasteiger partial charge < -0.3 is 19.7 Å². The number of pyridine rings is 1. The minimum absolute atomic E-state index is 0.186. The topological polar surface area (TPSA) is 99.4 Å². The molecule has 1 fully saturated rings. The van der Waals surface area contributed by atoms with E-state index in [9.17, 15) is 27.9 Å². The van der Waals surface area contributed by atoms with Crippen molar-refractivity contribution in [3.63, 3.8) is 0 Å². The molecule has 1 unspecified atom stereocenters. The fourth-order valence-electron chi connectivity index (χ4n) is 4.24. The molecule has 1 amide bonds. The quantitative estimate of drug-likeness (QED) is 0.185. The molecule has 0 aliphatic carbocycles. The van der Waals surface area contributed by atoms with Gasteiger partial charge in [-0.3, -0.25) is 14.5 Å². The Morgan fingerprint density at radius 1 is 1.15 bits per heavy atom. The molecule has 0 radical (unpaired) electrons. The Balaban J connectivity index is 1.62. The summed E-state index contributed by atoms with van der Waals surface area (Å²) in [5.74, 6) is -0.250. The molecule has 3 aromatic rings. The Morgan fingerprint density at radius 3 is 2.54 bits per heavy atom. The number of β-amino-alcohol motifs (C(OH)–C–C–N with tert-alkyl or cyclic N) is 1. The predicted molar refractivity (Wildman–Crippen MR) is 141 cm³/mol. The number of hydrogen-bond acceptors (Lipinski definition) is 6. The number of aliphatic hydroxyl groups is 1. The van der Waals surface area contributed by atoms with Gasteiger partial charge in [0.05, 0.1) is 11.8 Å². The number of benzene rings is 2. The first-order chi connectivity index (χ1) is 18.6. The highest BCUT2D eigenvalue weighted by molar-refractivity contribution is 6.10. The van der Waals surface area contributed by atoms with Crippen molar-refractivity contribution in [2.24, 2.45) is 5.10 Å². The van der Waals surface area contributed by atoms with Crippen molar-refractivity contribution in [1.82, 2.24) is 9.47 Å². The molecule has 4 rings (SSSR count). The van der Waals surface area contributed by atoms with Gasteiger partial charge in [-0.25, -0.2) is 5.01 Å². The Hall–Kier alpha value is -4.16. The van der Waals surface area contributed by atoms with Crippen LogP contribution in [0.15, 0.2) is 76.8 Å². The van der Waals surface area contributed by atoms with Crippen molar-refractivity contribution in [3.05, 3.63) is 88.3 Å². The lowest BCUT2D eigenvalue weighted by atomic mass is 10.1. The lowest BCUT2D eigenvalue weighted by Gasteiger charge is -2.19. The van der Waals surface area contributed by atoms with Crippen LogP contribution in [0.25, 0.3) is 0 Å². The Labute approximate surface area is 222 Å². The summed E-state index contributed by atoms with van der Waals surface area (Å²) < 4.78 is 43.0. The Kier molecular flexibility index (Phi) is 8.67. The smallest absolute Gasteiger partial charge is 0.406 e. The number of halogens is 3. The molecule has 2 N–H and O–H groups in total. The van der Waals surface area contributed by atoms with Crippen molar-refractivity contribution in [1.29, 1.82) is 0 Å². The molecule has 1 aliphatic rings. The summed E-state index contributed by atoms with van der Waals surface area (Å²) in [5, 5.41) is 18.1. The second-order valence-electron chi connectivity index (χ2n) is 9.04. The molecule has 1 atom stereocenters. The van der Waals surface area contributed by atoms with Crippen LogP contribution in [0, 0.1) is 6.92 Å². The van der Waals surface area contributed by atoms with E-state index in [-0.39, 0.29) is 28.9 Å². The summed E-state index contributed by atoms with van der Waals surface area (Å²) in [6.45, 7) is 4.20. The van der Waals surface area contributed by atoms with Crippen molar-refractivity contribution < 1.29 is 27.8 Å². The lowest BCUT2D eigenvalue weighted by Crippen LogP contribution is -2.32. The normalized spacial score (nSPS) is 16.2. The van der Waals surface area contributed by atoms with E-state index in [0.29, 0.717) is 38.0 Å². The van der Waals surface area contributed by atoms with E-state index in [1.54, 1.807) is 35.0 Å². The maximum absolute atomic E-state index is 13.3. The van der Waals surface area contributed by atoms with Crippen LogP contribution in [-0.4, -0.2) is 58.9 Å². The maximum atomic E-state index is 13.3. The Bertz CT molecular complexity index is 1370. The molecule has 9 nitrogen and oxygen atoms in total. The fourth-order valence-corrected chi connectivity index (χ4v) is 4.24. The highest BCUT2D eigenvalue weighted by Gasteiger charge is 2.31. The van der Waals surface area contributed by atoms with Gasteiger partial charge in [-0.05, 0) is 55.3 Å². The number of rotatable bonds is 9. The molecule has 2 aromatic carbocycles. The van der Waals surface area contributed by atoms with Crippen molar-refractivity contribution in [2.45, 2.75) is 32.4 Å². The van der Waals surface area contributed by atoms with E-state index in [2.05, 4.69) is 20.1 Å². The molecule has 12 heteroatoms. The highest BCUT2D eigenvalue weighted by Crippen LogP contribution is 2.25. The van der Waals surface area contributed by atoms with Gasteiger partial charge in [0.25, 0.3) is 5.56 Å². The van der Waals surface area contributed by atoms with Crippen LogP contribution in [0.4, 0.5) is 24.5 Å². The summed E-state index contributed by atoms with van der Waals surface area (Å²) in [6.07, 6.45) is -2.40. The number of nitrogens with zero attached hydrogens (tertiary/aromatic N) is 4. The summed E-state index contributed by atoms with van der Waals surface area (Å²) >= 11 is 0. The number of hydrazone groups is 1. The molecule has 1 aromatic heterocycles. The Morgan fingerprint density at radius 2 is 1.90 bits per heavy atom. The summed E-state index contributed by atoms with van der Waals surface area (Å²) in [4.78, 5) is 27.3. The highest BCUT2D eigenvalue weighted by atomic mass is 19.4. The van der Waals surface area contributed by atoms with Crippen LogP contribution < -0.4 is 20.6 Å². The maximum Gasteiger partial charge on any atom is 0.573 e. The van der Waals surface area contributed by atoms with Gasteiger partial charge in [-0.2, -0.15) is 0 Å². The van der Waals surface area contributed by atoms with Gasteiger partial charge in [0.15, 0.2) is 5.84 Å². The van der Waals surface area contributed by atoms with Crippen LogP contribution in [0.1, 0.15) is 17.5 Å². The predicted octanol–water partition coefficient (Wildman–Crippen LogP) is 3.56. The summed E-state index contributed by atoms with van der Waals surface area (Å²) in [6, 6.07) is 15.2. The number of amidine groups is 1. The molecule has 0 saturated carbocycles. The van der Waals surface area contributed by atoms with E-state index in [1.807, 2.05) is 19.1 Å². The zero-order chi connectivity index (χ0) is 28.0. The number of amides is 1. The number of alkyl halides is 3. The average molecular weight is 544 g/mol. The molecule has 39 heavy (non-hydrogen) atoms. The number of carbonyl (C=O) groups is 1. The number of nitrogens with one attached hydrogen (secondary N) is 1. The lowest BCUT2D eigenvalue weighted by molar-refractivity contribution is -0.274. The molecule has 1 aliphatic heterocycles. The molecular formula is C27H28F3N5O4. The number of anilines is 2. The van der Waals surface area contributed by atoms with Crippen molar-refractivity contribution >= 4 is 23.6 Å². The minimum atomic E-state index is -4.84.